The van der Waals surface area contributed by atoms with Crippen LogP contribution in [0, 0.1) is 13.8 Å². The summed E-state index contributed by atoms with van der Waals surface area (Å²) in [5.74, 6) is 0.993. The summed E-state index contributed by atoms with van der Waals surface area (Å²) in [6.07, 6.45) is 5.19. The number of hydrogen-bond donors (Lipinski definition) is 1. The predicted molar refractivity (Wildman–Crippen MR) is 127 cm³/mol. The highest BCUT2D eigenvalue weighted by molar-refractivity contribution is 5.99. The van der Waals surface area contributed by atoms with Gasteiger partial charge in [-0.3, -0.25) is 4.79 Å². The van der Waals surface area contributed by atoms with E-state index >= 15 is 0 Å². The van der Waals surface area contributed by atoms with Crippen molar-refractivity contribution in [2.45, 2.75) is 58.0 Å². The van der Waals surface area contributed by atoms with Gasteiger partial charge in [0.05, 0.1) is 5.41 Å². The Labute approximate surface area is 185 Å². The number of aryl methyl sites for hydroxylation is 2. The minimum Gasteiger partial charge on any atom is -0.488 e. The molecule has 31 heavy (non-hydrogen) atoms. The maximum absolute atomic E-state index is 13.6. The van der Waals surface area contributed by atoms with Crippen LogP contribution in [0.25, 0.3) is 0 Å². The first kappa shape index (κ1) is 21.2. The zero-order valence-corrected chi connectivity index (χ0v) is 18.5. The average Bonchev–Trinajstić information content (AvgIpc) is 2.80. The van der Waals surface area contributed by atoms with Gasteiger partial charge in [-0.1, -0.05) is 79.9 Å². The van der Waals surface area contributed by atoms with Crippen molar-refractivity contribution in [1.29, 1.82) is 0 Å². The zero-order chi connectivity index (χ0) is 21.7. The van der Waals surface area contributed by atoms with Crippen LogP contribution in [-0.2, 0) is 16.8 Å². The number of benzene rings is 3. The molecule has 0 saturated heterocycles. The summed E-state index contributed by atoms with van der Waals surface area (Å²) in [5, 5.41) is 3.24. The molecule has 0 atom stereocenters. The van der Waals surface area contributed by atoms with Crippen molar-refractivity contribution in [3.05, 3.63) is 95.1 Å². The Morgan fingerprint density at radius 2 is 1.45 bits per heavy atom. The van der Waals surface area contributed by atoms with Crippen LogP contribution >= 0.6 is 0 Å². The summed E-state index contributed by atoms with van der Waals surface area (Å²) in [4.78, 5) is 13.6. The lowest BCUT2D eigenvalue weighted by Crippen LogP contribution is -2.42. The standard InChI is InChI=1S/C28H31NO2/c1-21-18-25(19-22(2)26(21)31-20-23-12-6-3-7-13-23)29-27(30)28(16-10-5-11-17-28)24-14-8-4-9-15-24/h3-4,6-9,12-15,18-19H,5,10-11,16-17,20H2,1-2H3,(H,29,30). The molecule has 3 nitrogen and oxygen atoms in total. The lowest BCUT2D eigenvalue weighted by molar-refractivity contribution is -0.122. The third-order valence-corrected chi connectivity index (χ3v) is 6.41. The lowest BCUT2D eigenvalue weighted by atomic mass is 9.68. The zero-order valence-electron chi connectivity index (χ0n) is 18.5. The Morgan fingerprint density at radius 1 is 0.871 bits per heavy atom. The topological polar surface area (TPSA) is 38.3 Å². The number of carbonyl (C=O) groups excluding carboxylic acids is 1. The average molecular weight is 414 g/mol. The van der Waals surface area contributed by atoms with E-state index in [0.717, 1.165) is 59.4 Å². The van der Waals surface area contributed by atoms with E-state index in [4.69, 9.17) is 4.74 Å². The fraction of sp³-hybridized carbons (Fsp3) is 0.321. The highest BCUT2D eigenvalue weighted by Gasteiger charge is 2.41. The van der Waals surface area contributed by atoms with Gasteiger partial charge < -0.3 is 10.1 Å². The summed E-state index contributed by atoms with van der Waals surface area (Å²) in [5.41, 5.74) is 4.73. The van der Waals surface area contributed by atoms with Crippen LogP contribution in [-0.4, -0.2) is 5.91 Å². The molecule has 3 heteroatoms. The van der Waals surface area contributed by atoms with E-state index in [0.29, 0.717) is 6.61 Å². The molecule has 1 amide bonds. The van der Waals surface area contributed by atoms with Gasteiger partial charge in [0.25, 0.3) is 0 Å². The van der Waals surface area contributed by atoms with E-state index in [-0.39, 0.29) is 5.91 Å². The molecule has 0 heterocycles. The van der Waals surface area contributed by atoms with Crippen molar-refractivity contribution in [2.24, 2.45) is 0 Å². The van der Waals surface area contributed by atoms with Gasteiger partial charge in [-0.25, -0.2) is 0 Å². The molecule has 0 radical (unpaired) electrons. The summed E-state index contributed by atoms with van der Waals surface area (Å²) < 4.78 is 6.11. The maximum Gasteiger partial charge on any atom is 0.235 e. The van der Waals surface area contributed by atoms with E-state index in [1.165, 1.54) is 6.42 Å². The molecule has 1 aliphatic carbocycles. The molecule has 1 N–H and O–H groups in total. The quantitative estimate of drug-likeness (QED) is 0.487. The Hall–Kier alpha value is -3.07. The first-order chi connectivity index (χ1) is 15.1. The van der Waals surface area contributed by atoms with Crippen LogP contribution in [0.15, 0.2) is 72.8 Å². The fourth-order valence-electron chi connectivity index (χ4n) is 4.79. The van der Waals surface area contributed by atoms with Gasteiger partial charge in [-0.15, -0.1) is 0 Å². The molecular formula is C28H31NO2. The molecule has 0 aromatic heterocycles. The molecule has 3 aromatic carbocycles. The molecule has 0 aliphatic heterocycles. The minimum atomic E-state index is -0.441. The summed E-state index contributed by atoms with van der Waals surface area (Å²) in [6.45, 7) is 4.61. The Bertz CT molecular complexity index is 998. The molecule has 1 fully saturated rings. The number of carbonyl (C=O) groups is 1. The monoisotopic (exact) mass is 413 g/mol. The normalized spacial score (nSPS) is 15.3. The van der Waals surface area contributed by atoms with Crippen molar-refractivity contribution in [1.82, 2.24) is 0 Å². The van der Waals surface area contributed by atoms with Crippen LogP contribution in [0.4, 0.5) is 5.69 Å². The number of hydrogen-bond acceptors (Lipinski definition) is 2. The Morgan fingerprint density at radius 3 is 2.06 bits per heavy atom. The van der Waals surface area contributed by atoms with E-state index in [9.17, 15) is 4.79 Å². The number of ether oxygens (including phenoxy) is 1. The molecule has 0 bridgehead atoms. The van der Waals surface area contributed by atoms with Gasteiger partial charge in [-0.05, 0) is 61.1 Å². The smallest absolute Gasteiger partial charge is 0.235 e. The number of rotatable bonds is 6. The lowest BCUT2D eigenvalue weighted by Gasteiger charge is -2.36. The van der Waals surface area contributed by atoms with Gasteiger partial charge in [0.1, 0.15) is 12.4 Å². The second kappa shape index (κ2) is 9.38. The van der Waals surface area contributed by atoms with Gasteiger partial charge in [0.15, 0.2) is 0 Å². The number of amides is 1. The summed E-state index contributed by atoms with van der Waals surface area (Å²) in [6, 6.07) is 24.5. The van der Waals surface area contributed by atoms with Crippen molar-refractivity contribution in [3.63, 3.8) is 0 Å². The van der Waals surface area contributed by atoms with Crippen molar-refractivity contribution >= 4 is 11.6 Å². The molecule has 1 aliphatic rings. The summed E-state index contributed by atoms with van der Waals surface area (Å²) in [7, 11) is 0. The van der Waals surface area contributed by atoms with Gasteiger partial charge >= 0.3 is 0 Å². The molecule has 1 saturated carbocycles. The highest BCUT2D eigenvalue weighted by Crippen LogP contribution is 2.40. The van der Waals surface area contributed by atoms with E-state index in [2.05, 4.69) is 29.6 Å². The van der Waals surface area contributed by atoms with Crippen molar-refractivity contribution in [2.75, 3.05) is 5.32 Å². The largest absolute Gasteiger partial charge is 0.488 e. The summed E-state index contributed by atoms with van der Waals surface area (Å²) >= 11 is 0. The first-order valence-corrected chi connectivity index (χ1v) is 11.2. The minimum absolute atomic E-state index is 0.107. The maximum atomic E-state index is 13.6. The highest BCUT2D eigenvalue weighted by atomic mass is 16.5. The Kier molecular flexibility index (Phi) is 6.41. The van der Waals surface area contributed by atoms with Crippen molar-refractivity contribution < 1.29 is 9.53 Å². The van der Waals surface area contributed by atoms with Gasteiger partial charge in [-0.2, -0.15) is 0 Å². The molecular weight excluding hydrogens is 382 g/mol. The Balaban J connectivity index is 1.53. The molecule has 3 aromatic rings. The van der Waals surface area contributed by atoms with Gasteiger partial charge in [0, 0.05) is 5.69 Å². The molecule has 4 rings (SSSR count). The van der Waals surface area contributed by atoms with E-state index in [1.807, 2.05) is 62.4 Å². The van der Waals surface area contributed by atoms with E-state index in [1.54, 1.807) is 0 Å². The van der Waals surface area contributed by atoms with Crippen LogP contribution in [0.2, 0.25) is 0 Å². The van der Waals surface area contributed by atoms with Crippen LogP contribution in [0.5, 0.6) is 5.75 Å². The second-order valence-corrected chi connectivity index (χ2v) is 8.68. The van der Waals surface area contributed by atoms with Gasteiger partial charge in [0.2, 0.25) is 5.91 Å². The molecule has 160 valence electrons. The van der Waals surface area contributed by atoms with Crippen LogP contribution in [0.1, 0.15) is 54.4 Å². The molecule has 0 unspecified atom stereocenters. The number of nitrogens with one attached hydrogen (secondary N) is 1. The SMILES string of the molecule is Cc1cc(NC(=O)C2(c3ccccc3)CCCCC2)cc(C)c1OCc1ccccc1. The second-order valence-electron chi connectivity index (χ2n) is 8.68. The predicted octanol–water partition coefficient (Wildman–Crippen LogP) is 6.72. The fourth-order valence-corrected chi connectivity index (χ4v) is 4.79. The van der Waals surface area contributed by atoms with Crippen LogP contribution < -0.4 is 10.1 Å². The molecule has 0 spiro atoms. The van der Waals surface area contributed by atoms with Crippen LogP contribution in [0.3, 0.4) is 0 Å². The number of anilines is 1. The van der Waals surface area contributed by atoms with E-state index < -0.39 is 5.41 Å². The third kappa shape index (κ3) is 4.66. The first-order valence-electron chi connectivity index (χ1n) is 11.2. The van der Waals surface area contributed by atoms with Crippen molar-refractivity contribution in [3.8, 4) is 5.75 Å². The third-order valence-electron chi connectivity index (χ3n) is 6.41.